The van der Waals surface area contributed by atoms with Gasteiger partial charge in [-0.3, -0.25) is 4.98 Å². The van der Waals surface area contributed by atoms with Gasteiger partial charge in [0.2, 0.25) is 0 Å². The fourth-order valence-corrected chi connectivity index (χ4v) is 2.39. The molecule has 3 N–H and O–H groups in total. The molecule has 0 amide bonds. The van der Waals surface area contributed by atoms with Crippen LogP contribution in [0.5, 0.6) is 0 Å². The van der Waals surface area contributed by atoms with E-state index in [2.05, 4.69) is 16.4 Å². The average Bonchev–Trinajstić information content (AvgIpc) is 2.28. The van der Waals surface area contributed by atoms with E-state index in [4.69, 9.17) is 5.73 Å². The van der Waals surface area contributed by atoms with E-state index in [1.54, 1.807) is 0 Å². The normalized spacial score (nSPS) is 25.4. The van der Waals surface area contributed by atoms with E-state index in [0.717, 1.165) is 17.9 Å². The van der Waals surface area contributed by atoms with Crippen LogP contribution in [0.25, 0.3) is 0 Å². The SMILES string of the molecule is Cc1cc(NCC2CCCCC2N)ccn1. The van der Waals surface area contributed by atoms with Gasteiger partial charge in [0.1, 0.15) is 0 Å². The lowest BCUT2D eigenvalue weighted by Crippen LogP contribution is -2.37. The Bertz CT molecular complexity index is 338. The highest BCUT2D eigenvalue weighted by Gasteiger charge is 2.21. The number of aromatic nitrogens is 1. The number of nitrogens with one attached hydrogen (secondary N) is 1. The van der Waals surface area contributed by atoms with Crippen LogP contribution in [0, 0.1) is 12.8 Å². The zero-order valence-corrected chi connectivity index (χ0v) is 9.95. The zero-order valence-electron chi connectivity index (χ0n) is 9.95. The van der Waals surface area contributed by atoms with Crippen molar-refractivity contribution in [2.75, 3.05) is 11.9 Å². The molecule has 2 rings (SSSR count). The molecule has 1 saturated carbocycles. The summed E-state index contributed by atoms with van der Waals surface area (Å²) in [6.07, 6.45) is 6.92. The van der Waals surface area contributed by atoms with E-state index in [0.29, 0.717) is 12.0 Å². The number of rotatable bonds is 3. The summed E-state index contributed by atoms with van der Waals surface area (Å²) >= 11 is 0. The van der Waals surface area contributed by atoms with E-state index < -0.39 is 0 Å². The standard InChI is InChI=1S/C13H21N3/c1-10-8-12(6-7-15-10)16-9-11-4-2-3-5-13(11)14/h6-8,11,13H,2-5,9,14H2,1H3,(H,15,16). The number of nitrogens with two attached hydrogens (primary N) is 1. The van der Waals surface area contributed by atoms with Crippen LogP contribution in [0.1, 0.15) is 31.4 Å². The minimum Gasteiger partial charge on any atom is -0.385 e. The van der Waals surface area contributed by atoms with Crippen LogP contribution >= 0.6 is 0 Å². The Morgan fingerprint density at radius 2 is 2.25 bits per heavy atom. The van der Waals surface area contributed by atoms with Crippen molar-refractivity contribution in [1.82, 2.24) is 4.98 Å². The van der Waals surface area contributed by atoms with Gasteiger partial charge in [0, 0.05) is 30.2 Å². The quantitative estimate of drug-likeness (QED) is 0.820. The number of hydrogen-bond acceptors (Lipinski definition) is 3. The van der Waals surface area contributed by atoms with Gasteiger partial charge in [-0.1, -0.05) is 12.8 Å². The Balaban J connectivity index is 1.86. The number of nitrogens with zero attached hydrogens (tertiary/aromatic N) is 1. The van der Waals surface area contributed by atoms with E-state index >= 15 is 0 Å². The monoisotopic (exact) mass is 219 g/mol. The smallest absolute Gasteiger partial charge is 0.0393 e. The first kappa shape index (κ1) is 11.4. The second-order valence-electron chi connectivity index (χ2n) is 4.78. The summed E-state index contributed by atoms with van der Waals surface area (Å²) in [5.41, 5.74) is 8.33. The van der Waals surface area contributed by atoms with Crippen LogP contribution in [0.3, 0.4) is 0 Å². The molecule has 0 aromatic carbocycles. The van der Waals surface area contributed by atoms with Crippen LogP contribution in [0.4, 0.5) is 5.69 Å². The van der Waals surface area contributed by atoms with Crippen molar-refractivity contribution >= 4 is 5.69 Å². The molecule has 1 aromatic rings. The molecule has 1 heterocycles. The van der Waals surface area contributed by atoms with E-state index in [9.17, 15) is 0 Å². The Labute approximate surface area is 97.5 Å². The Morgan fingerprint density at radius 1 is 1.44 bits per heavy atom. The molecule has 0 bridgehead atoms. The second-order valence-corrected chi connectivity index (χ2v) is 4.78. The molecule has 88 valence electrons. The van der Waals surface area contributed by atoms with Crippen molar-refractivity contribution in [3.63, 3.8) is 0 Å². The third-order valence-electron chi connectivity index (χ3n) is 3.43. The van der Waals surface area contributed by atoms with E-state index in [1.807, 2.05) is 19.2 Å². The fourth-order valence-electron chi connectivity index (χ4n) is 2.39. The van der Waals surface area contributed by atoms with Gasteiger partial charge in [0.05, 0.1) is 0 Å². The highest BCUT2D eigenvalue weighted by atomic mass is 14.9. The number of pyridine rings is 1. The fraction of sp³-hybridized carbons (Fsp3) is 0.615. The molecular formula is C13H21N3. The van der Waals surface area contributed by atoms with Crippen molar-refractivity contribution < 1.29 is 0 Å². The molecule has 0 radical (unpaired) electrons. The molecule has 3 nitrogen and oxygen atoms in total. The number of anilines is 1. The lowest BCUT2D eigenvalue weighted by Gasteiger charge is -2.28. The van der Waals surface area contributed by atoms with Gasteiger partial charge >= 0.3 is 0 Å². The summed E-state index contributed by atoms with van der Waals surface area (Å²) in [6, 6.07) is 4.47. The van der Waals surface area contributed by atoms with Crippen LogP contribution in [0.2, 0.25) is 0 Å². The Morgan fingerprint density at radius 3 is 3.00 bits per heavy atom. The molecule has 0 spiro atoms. The summed E-state index contributed by atoms with van der Waals surface area (Å²) in [6.45, 7) is 3.00. The summed E-state index contributed by atoms with van der Waals surface area (Å²) in [4.78, 5) is 4.18. The van der Waals surface area contributed by atoms with Gasteiger partial charge in [-0.15, -0.1) is 0 Å². The second kappa shape index (κ2) is 5.30. The molecule has 1 aliphatic carbocycles. The minimum absolute atomic E-state index is 0.379. The third kappa shape index (κ3) is 2.95. The third-order valence-corrected chi connectivity index (χ3v) is 3.43. The van der Waals surface area contributed by atoms with Crippen molar-refractivity contribution in [2.45, 2.75) is 38.6 Å². The molecular weight excluding hydrogens is 198 g/mol. The molecule has 1 fully saturated rings. The lowest BCUT2D eigenvalue weighted by molar-refractivity contribution is 0.321. The summed E-state index contributed by atoms with van der Waals surface area (Å²) < 4.78 is 0. The lowest BCUT2D eigenvalue weighted by atomic mass is 9.85. The summed E-state index contributed by atoms with van der Waals surface area (Å²) in [5, 5.41) is 3.47. The van der Waals surface area contributed by atoms with Crippen LogP contribution in [-0.2, 0) is 0 Å². The maximum Gasteiger partial charge on any atom is 0.0393 e. The predicted molar refractivity (Wildman–Crippen MR) is 67.4 cm³/mol. The largest absolute Gasteiger partial charge is 0.385 e. The van der Waals surface area contributed by atoms with Gasteiger partial charge in [0.15, 0.2) is 0 Å². The first-order valence-electron chi connectivity index (χ1n) is 6.18. The average molecular weight is 219 g/mol. The molecule has 2 unspecified atom stereocenters. The molecule has 3 heteroatoms. The summed E-state index contributed by atoms with van der Waals surface area (Å²) in [5.74, 6) is 0.627. The first-order chi connectivity index (χ1) is 7.75. The van der Waals surface area contributed by atoms with Gasteiger partial charge in [-0.2, -0.15) is 0 Å². The summed E-state index contributed by atoms with van der Waals surface area (Å²) in [7, 11) is 0. The molecule has 0 saturated heterocycles. The first-order valence-corrected chi connectivity index (χ1v) is 6.18. The van der Waals surface area contributed by atoms with Crippen LogP contribution in [0.15, 0.2) is 18.3 Å². The molecule has 0 aliphatic heterocycles. The van der Waals surface area contributed by atoms with Crippen molar-refractivity contribution in [2.24, 2.45) is 11.7 Å². The van der Waals surface area contributed by atoms with Crippen molar-refractivity contribution in [3.05, 3.63) is 24.0 Å². The Hall–Kier alpha value is -1.09. The highest BCUT2D eigenvalue weighted by Crippen LogP contribution is 2.23. The van der Waals surface area contributed by atoms with Gasteiger partial charge in [0.25, 0.3) is 0 Å². The van der Waals surface area contributed by atoms with Crippen molar-refractivity contribution in [1.29, 1.82) is 0 Å². The van der Waals surface area contributed by atoms with Crippen LogP contribution in [-0.4, -0.2) is 17.6 Å². The van der Waals surface area contributed by atoms with Crippen molar-refractivity contribution in [3.8, 4) is 0 Å². The topological polar surface area (TPSA) is 50.9 Å². The molecule has 16 heavy (non-hydrogen) atoms. The van der Waals surface area contributed by atoms with Gasteiger partial charge in [-0.25, -0.2) is 0 Å². The minimum atomic E-state index is 0.379. The Kier molecular flexibility index (Phi) is 3.78. The van der Waals surface area contributed by atoms with Gasteiger partial charge in [-0.05, 0) is 37.8 Å². The predicted octanol–water partition coefficient (Wildman–Crippen LogP) is 2.32. The number of hydrogen-bond donors (Lipinski definition) is 2. The maximum atomic E-state index is 6.12. The van der Waals surface area contributed by atoms with Gasteiger partial charge < -0.3 is 11.1 Å². The number of aryl methyl sites for hydroxylation is 1. The zero-order chi connectivity index (χ0) is 11.4. The molecule has 1 aromatic heterocycles. The maximum absolute atomic E-state index is 6.12. The van der Waals surface area contributed by atoms with E-state index in [-0.39, 0.29) is 0 Å². The molecule has 2 atom stereocenters. The molecule has 1 aliphatic rings. The van der Waals surface area contributed by atoms with Crippen LogP contribution < -0.4 is 11.1 Å². The van der Waals surface area contributed by atoms with E-state index in [1.165, 1.54) is 25.7 Å². The highest BCUT2D eigenvalue weighted by molar-refractivity contribution is 5.42.